The summed E-state index contributed by atoms with van der Waals surface area (Å²) in [5, 5.41) is 3.49. The van der Waals surface area contributed by atoms with Gasteiger partial charge in [0.25, 0.3) is 0 Å². The fourth-order valence-electron chi connectivity index (χ4n) is 2.24. The topological polar surface area (TPSA) is 50.9 Å². The lowest BCUT2D eigenvalue weighted by atomic mass is 10.0. The molecule has 3 N–H and O–H groups in total. The highest BCUT2D eigenvalue weighted by atomic mass is 32.1. The van der Waals surface area contributed by atoms with Crippen LogP contribution in [0.5, 0.6) is 0 Å². The maximum Gasteiger partial charge on any atom is 0.126 e. The van der Waals surface area contributed by atoms with Crippen molar-refractivity contribution in [3.8, 4) is 0 Å². The molecule has 0 unspecified atom stereocenters. The third-order valence-corrected chi connectivity index (χ3v) is 3.42. The summed E-state index contributed by atoms with van der Waals surface area (Å²) in [7, 11) is 0. The number of rotatable bonds is 3. The van der Waals surface area contributed by atoms with E-state index >= 15 is 0 Å². The second-order valence-corrected chi connectivity index (χ2v) is 5.13. The largest absolute Gasteiger partial charge is 0.389 e. The Balaban J connectivity index is 2.15. The zero-order valence-corrected chi connectivity index (χ0v) is 10.3. The van der Waals surface area contributed by atoms with Crippen LogP contribution in [0.1, 0.15) is 38.2 Å². The van der Waals surface area contributed by atoms with Gasteiger partial charge < -0.3 is 11.1 Å². The number of anilines is 1. The minimum absolute atomic E-state index is 0.182. The molecule has 0 spiro atoms. The van der Waals surface area contributed by atoms with Crippen LogP contribution in [0.15, 0.2) is 18.3 Å². The molecule has 4 heteroatoms. The van der Waals surface area contributed by atoms with Gasteiger partial charge in [0.1, 0.15) is 10.8 Å². The average Bonchev–Trinajstić information content (AvgIpc) is 2.65. The highest BCUT2D eigenvalue weighted by Gasteiger charge is 2.28. The van der Waals surface area contributed by atoms with Gasteiger partial charge in [0.15, 0.2) is 0 Å². The van der Waals surface area contributed by atoms with Crippen LogP contribution in [0.4, 0.5) is 5.82 Å². The van der Waals surface area contributed by atoms with Crippen LogP contribution in [0.3, 0.4) is 0 Å². The molecule has 0 radical (unpaired) electrons. The number of hydrogen-bond donors (Lipinski definition) is 2. The van der Waals surface area contributed by atoms with E-state index in [1.807, 2.05) is 12.1 Å². The highest BCUT2D eigenvalue weighted by molar-refractivity contribution is 7.80. The van der Waals surface area contributed by atoms with E-state index in [2.05, 4.69) is 17.2 Å². The normalized spacial score (nSPS) is 18.3. The number of pyridine rings is 1. The minimum Gasteiger partial charge on any atom is -0.389 e. The van der Waals surface area contributed by atoms with Crippen molar-refractivity contribution in [1.29, 1.82) is 0 Å². The summed E-state index contributed by atoms with van der Waals surface area (Å²) in [6.07, 6.45) is 6.73. The van der Waals surface area contributed by atoms with Crippen LogP contribution in [-0.2, 0) is 0 Å². The van der Waals surface area contributed by atoms with E-state index in [1.54, 1.807) is 6.20 Å². The van der Waals surface area contributed by atoms with Gasteiger partial charge in [-0.1, -0.05) is 25.1 Å². The summed E-state index contributed by atoms with van der Waals surface area (Å²) in [4.78, 5) is 4.72. The maximum atomic E-state index is 5.60. The molecule has 0 saturated heterocycles. The molecule has 1 aliphatic rings. The Bertz CT molecular complexity index is 397. The summed E-state index contributed by atoms with van der Waals surface area (Å²) in [6.45, 7) is 2.25. The molecule has 0 atom stereocenters. The average molecular weight is 235 g/mol. The lowest BCUT2D eigenvalue weighted by molar-refractivity contribution is 0.531. The molecule has 1 saturated carbocycles. The molecular weight excluding hydrogens is 218 g/mol. The van der Waals surface area contributed by atoms with E-state index in [-0.39, 0.29) is 5.54 Å². The Morgan fingerprint density at radius 1 is 1.50 bits per heavy atom. The molecule has 3 nitrogen and oxygen atoms in total. The van der Waals surface area contributed by atoms with Crippen molar-refractivity contribution in [2.24, 2.45) is 5.73 Å². The van der Waals surface area contributed by atoms with Crippen LogP contribution >= 0.6 is 12.2 Å². The number of nitrogens with two attached hydrogens (primary N) is 1. The van der Waals surface area contributed by atoms with Gasteiger partial charge in [0, 0.05) is 17.3 Å². The van der Waals surface area contributed by atoms with Crippen molar-refractivity contribution in [3.63, 3.8) is 0 Å². The van der Waals surface area contributed by atoms with Gasteiger partial charge in [0.05, 0.1) is 0 Å². The zero-order valence-electron chi connectivity index (χ0n) is 9.49. The molecule has 0 amide bonds. The molecular formula is C12H17N3S. The van der Waals surface area contributed by atoms with Gasteiger partial charge >= 0.3 is 0 Å². The predicted molar refractivity (Wildman–Crippen MR) is 70.6 cm³/mol. The monoisotopic (exact) mass is 235 g/mol. The molecule has 1 aromatic heterocycles. The van der Waals surface area contributed by atoms with Crippen LogP contribution in [0, 0.1) is 0 Å². The number of hydrogen-bond acceptors (Lipinski definition) is 3. The molecule has 2 rings (SSSR count). The standard InChI is InChI=1S/C12H17N3S/c1-12(5-2-3-6-12)15-10-8-9(11(13)16)4-7-14-10/h4,7-8H,2-3,5-6H2,1H3,(H2,13,16)(H,14,15). The second kappa shape index (κ2) is 4.37. The third-order valence-electron chi connectivity index (χ3n) is 3.18. The maximum absolute atomic E-state index is 5.60. The zero-order chi connectivity index (χ0) is 11.6. The van der Waals surface area contributed by atoms with E-state index in [0.717, 1.165) is 11.4 Å². The van der Waals surface area contributed by atoms with E-state index in [4.69, 9.17) is 18.0 Å². The summed E-state index contributed by atoms with van der Waals surface area (Å²) in [5.74, 6) is 0.870. The van der Waals surface area contributed by atoms with Crippen LogP contribution in [0.2, 0.25) is 0 Å². The van der Waals surface area contributed by atoms with Crippen molar-refractivity contribution >= 4 is 23.0 Å². The van der Waals surface area contributed by atoms with Gasteiger partial charge in [-0.15, -0.1) is 0 Å². The molecule has 1 heterocycles. The van der Waals surface area contributed by atoms with Gasteiger partial charge in [-0.05, 0) is 31.9 Å². The molecule has 16 heavy (non-hydrogen) atoms. The predicted octanol–water partition coefficient (Wildman–Crippen LogP) is 2.46. The molecule has 0 aliphatic heterocycles. The Morgan fingerprint density at radius 3 is 2.81 bits per heavy atom. The smallest absolute Gasteiger partial charge is 0.126 e. The first-order valence-electron chi connectivity index (χ1n) is 5.63. The van der Waals surface area contributed by atoms with Gasteiger partial charge in [-0.25, -0.2) is 4.98 Å². The third kappa shape index (κ3) is 2.50. The summed E-state index contributed by atoms with van der Waals surface area (Å²) in [5.41, 5.74) is 6.65. The van der Waals surface area contributed by atoms with Gasteiger partial charge in [0.2, 0.25) is 0 Å². The van der Waals surface area contributed by atoms with Crippen molar-refractivity contribution in [2.45, 2.75) is 38.1 Å². The molecule has 1 fully saturated rings. The summed E-state index contributed by atoms with van der Waals surface area (Å²) < 4.78 is 0. The van der Waals surface area contributed by atoms with Gasteiger partial charge in [-0.3, -0.25) is 0 Å². The molecule has 1 aliphatic carbocycles. The number of nitrogens with one attached hydrogen (secondary N) is 1. The highest BCUT2D eigenvalue weighted by Crippen LogP contribution is 2.32. The second-order valence-electron chi connectivity index (χ2n) is 4.69. The fourth-order valence-corrected chi connectivity index (χ4v) is 2.37. The Morgan fingerprint density at radius 2 is 2.19 bits per heavy atom. The van der Waals surface area contributed by atoms with Crippen molar-refractivity contribution in [2.75, 3.05) is 5.32 Å². The number of nitrogens with zero attached hydrogens (tertiary/aromatic N) is 1. The molecule has 1 aromatic rings. The summed E-state index contributed by atoms with van der Waals surface area (Å²) >= 11 is 4.95. The quantitative estimate of drug-likeness (QED) is 0.790. The molecule has 0 bridgehead atoms. The number of thiocarbonyl (C=S) groups is 1. The van der Waals surface area contributed by atoms with Gasteiger partial charge in [-0.2, -0.15) is 0 Å². The lowest BCUT2D eigenvalue weighted by Crippen LogP contribution is -2.31. The minimum atomic E-state index is 0.182. The number of aromatic nitrogens is 1. The van der Waals surface area contributed by atoms with Crippen molar-refractivity contribution in [1.82, 2.24) is 4.98 Å². The fraction of sp³-hybridized carbons (Fsp3) is 0.500. The van der Waals surface area contributed by atoms with E-state index in [1.165, 1.54) is 25.7 Å². The molecule has 86 valence electrons. The van der Waals surface area contributed by atoms with Crippen LogP contribution in [0.25, 0.3) is 0 Å². The Labute approximate surface area is 101 Å². The van der Waals surface area contributed by atoms with E-state index < -0.39 is 0 Å². The lowest BCUT2D eigenvalue weighted by Gasteiger charge is -2.26. The summed E-state index contributed by atoms with van der Waals surface area (Å²) in [6, 6.07) is 3.76. The Hall–Kier alpha value is -1.16. The van der Waals surface area contributed by atoms with Crippen LogP contribution < -0.4 is 11.1 Å². The van der Waals surface area contributed by atoms with E-state index in [0.29, 0.717) is 4.99 Å². The van der Waals surface area contributed by atoms with Crippen LogP contribution in [-0.4, -0.2) is 15.5 Å². The van der Waals surface area contributed by atoms with E-state index in [9.17, 15) is 0 Å². The Kier molecular flexibility index (Phi) is 3.10. The first-order chi connectivity index (χ1) is 7.59. The first-order valence-corrected chi connectivity index (χ1v) is 6.04. The van der Waals surface area contributed by atoms with Crippen molar-refractivity contribution < 1.29 is 0 Å². The molecule has 0 aromatic carbocycles. The van der Waals surface area contributed by atoms with Crippen molar-refractivity contribution in [3.05, 3.63) is 23.9 Å². The SMILES string of the molecule is CC1(Nc2cc(C(N)=S)ccn2)CCCC1. The first kappa shape index (κ1) is 11.3.